The highest BCUT2D eigenvalue weighted by Gasteiger charge is 2.18. The third-order valence-electron chi connectivity index (χ3n) is 3.40. The Morgan fingerprint density at radius 3 is 2.17 bits per heavy atom. The summed E-state index contributed by atoms with van der Waals surface area (Å²) in [6.45, 7) is 0.0476. The van der Waals surface area contributed by atoms with Gasteiger partial charge in [-0.1, -0.05) is 36.4 Å². The molecule has 0 saturated carbocycles. The predicted octanol–water partition coefficient (Wildman–Crippen LogP) is 4.30. The fourth-order valence-corrected chi connectivity index (χ4v) is 4.48. The van der Waals surface area contributed by atoms with E-state index in [1.807, 2.05) is 42.6 Å². The van der Waals surface area contributed by atoms with E-state index in [9.17, 15) is 5.11 Å². The van der Waals surface area contributed by atoms with Crippen LogP contribution in [0.25, 0.3) is 5.69 Å². The maximum atomic E-state index is 9.67. The average molecular weight is 340 g/mol. The van der Waals surface area contributed by atoms with Gasteiger partial charge in [0.2, 0.25) is 5.69 Å². The van der Waals surface area contributed by atoms with Crippen molar-refractivity contribution in [3.8, 4) is 5.69 Å². The fourth-order valence-electron chi connectivity index (χ4n) is 2.28. The van der Waals surface area contributed by atoms with Gasteiger partial charge in [0.25, 0.3) is 5.03 Å². The molecule has 23 heavy (non-hydrogen) atoms. The zero-order chi connectivity index (χ0) is 15.9. The van der Waals surface area contributed by atoms with Gasteiger partial charge in [-0.25, -0.2) is 0 Å². The van der Waals surface area contributed by atoms with Crippen LogP contribution in [-0.2, 0) is 6.61 Å². The molecule has 1 aromatic heterocycles. The summed E-state index contributed by atoms with van der Waals surface area (Å²) in [6, 6.07) is 24.6. The van der Waals surface area contributed by atoms with Crippen molar-refractivity contribution in [3.05, 3.63) is 84.6 Å². The highest BCUT2D eigenvalue weighted by molar-refractivity contribution is 8.15. The van der Waals surface area contributed by atoms with Gasteiger partial charge in [0.15, 0.2) is 6.20 Å². The Morgan fingerprint density at radius 2 is 1.48 bits per heavy atom. The topological polar surface area (TPSA) is 24.1 Å². The lowest BCUT2D eigenvalue weighted by Gasteiger charge is -2.07. The number of aliphatic hydroxyl groups excluding tert-OH is 1. The second-order valence-electron chi connectivity index (χ2n) is 4.92. The highest BCUT2D eigenvalue weighted by atomic mass is 32.2. The molecule has 1 N–H and O–H groups in total. The van der Waals surface area contributed by atoms with Crippen molar-refractivity contribution in [2.45, 2.75) is 16.5 Å². The molecule has 1 heterocycles. The molecule has 116 valence electrons. The van der Waals surface area contributed by atoms with Crippen molar-refractivity contribution < 1.29 is 9.67 Å². The van der Waals surface area contributed by atoms with Crippen LogP contribution >= 0.6 is 23.5 Å². The van der Waals surface area contributed by atoms with Crippen LogP contribution in [-0.4, -0.2) is 10.2 Å². The van der Waals surface area contributed by atoms with Crippen LogP contribution in [0, 0.1) is 0 Å². The Kier molecular flexibility index (Phi) is 5.75. The molecule has 0 unspecified atom stereocenters. The summed E-state index contributed by atoms with van der Waals surface area (Å²) in [5.74, 6) is 0. The maximum absolute atomic E-state index is 9.67. The summed E-state index contributed by atoms with van der Waals surface area (Å²) in [7, 11) is 0. The SMILES string of the molecule is OCc1ccc[n+](-c2ccccc2)c1SCSc1ccccc1. The van der Waals surface area contributed by atoms with Crippen LogP contribution in [0.4, 0.5) is 0 Å². The zero-order valence-electron chi connectivity index (χ0n) is 12.6. The number of aromatic nitrogens is 1. The minimum Gasteiger partial charge on any atom is -0.391 e. The minimum absolute atomic E-state index is 0.0476. The van der Waals surface area contributed by atoms with Gasteiger partial charge < -0.3 is 5.11 Å². The molecule has 4 heteroatoms. The lowest BCUT2D eigenvalue weighted by atomic mass is 10.2. The van der Waals surface area contributed by atoms with Crippen molar-refractivity contribution >= 4 is 23.5 Å². The number of nitrogens with zero attached hydrogens (tertiary/aromatic N) is 1. The van der Waals surface area contributed by atoms with Crippen molar-refractivity contribution in [1.29, 1.82) is 0 Å². The molecule has 0 radical (unpaired) electrons. The molecule has 0 amide bonds. The van der Waals surface area contributed by atoms with Gasteiger partial charge in [0, 0.05) is 23.1 Å². The van der Waals surface area contributed by atoms with Crippen LogP contribution in [0.2, 0.25) is 0 Å². The first kappa shape index (κ1) is 16.1. The number of aliphatic hydroxyl groups is 1. The first-order valence-electron chi connectivity index (χ1n) is 7.39. The molecular weight excluding hydrogens is 322 g/mol. The molecular formula is C19H18NOS2+. The van der Waals surface area contributed by atoms with E-state index in [1.165, 1.54) is 4.90 Å². The summed E-state index contributed by atoms with van der Waals surface area (Å²) in [5, 5.41) is 11.7. The normalized spacial score (nSPS) is 10.7. The van der Waals surface area contributed by atoms with Gasteiger partial charge in [0.05, 0.1) is 17.3 Å². The van der Waals surface area contributed by atoms with E-state index in [2.05, 4.69) is 41.0 Å². The Balaban J connectivity index is 1.82. The monoisotopic (exact) mass is 340 g/mol. The third-order valence-corrected chi connectivity index (χ3v) is 5.68. The molecule has 0 saturated heterocycles. The number of pyridine rings is 1. The third kappa shape index (κ3) is 4.16. The van der Waals surface area contributed by atoms with E-state index >= 15 is 0 Å². The Hall–Kier alpha value is -1.75. The number of thioether (sulfide) groups is 2. The Labute approximate surface area is 145 Å². The number of benzene rings is 2. The lowest BCUT2D eigenvalue weighted by molar-refractivity contribution is -0.636. The summed E-state index contributed by atoms with van der Waals surface area (Å²) in [6.07, 6.45) is 2.05. The second kappa shape index (κ2) is 8.20. The van der Waals surface area contributed by atoms with Crippen LogP contribution in [0.1, 0.15) is 5.56 Å². The standard InChI is InChI=1S/C19H18NOS2/c21-14-16-8-7-13-20(17-9-3-1-4-10-17)19(16)23-15-22-18-11-5-2-6-12-18/h1-13,21H,14-15H2/q+1. The van der Waals surface area contributed by atoms with E-state index < -0.39 is 0 Å². The van der Waals surface area contributed by atoms with E-state index in [0.717, 1.165) is 21.4 Å². The predicted molar refractivity (Wildman–Crippen MR) is 96.9 cm³/mol. The van der Waals surface area contributed by atoms with Gasteiger partial charge in [-0.15, -0.1) is 11.8 Å². The maximum Gasteiger partial charge on any atom is 0.252 e. The van der Waals surface area contributed by atoms with E-state index in [-0.39, 0.29) is 6.61 Å². The van der Waals surface area contributed by atoms with Gasteiger partial charge in [-0.3, -0.25) is 0 Å². The first-order chi connectivity index (χ1) is 11.4. The van der Waals surface area contributed by atoms with Gasteiger partial charge in [-0.2, -0.15) is 4.57 Å². The first-order valence-corrected chi connectivity index (χ1v) is 9.36. The molecule has 0 aliphatic rings. The van der Waals surface area contributed by atoms with Gasteiger partial charge >= 0.3 is 0 Å². The average Bonchev–Trinajstić information content (AvgIpc) is 2.63. The van der Waals surface area contributed by atoms with E-state index in [1.54, 1.807) is 23.5 Å². The molecule has 0 bridgehead atoms. The van der Waals surface area contributed by atoms with Crippen LogP contribution < -0.4 is 4.57 Å². The smallest absolute Gasteiger partial charge is 0.252 e. The van der Waals surface area contributed by atoms with Crippen molar-refractivity contribution in [2.24, 2.45) is 0 Å². The summed E-state index contributed by atoms with van der Waals surface area (Å²) in [4.78, 5) is 1.26. The van der Waals surface area contributed by atoms with E-state index in [0.29, 0.717) is 0 Å². The van der Waals surface area contributed by atoms with Crippen LogP contribution in [0.5, 0.6) is 0 Å². The minimum atomic E-state index is 0.0476. The molecule has 0 aliphatic carbocycles. The number of para-hydroxylation sites is 1. The molecule has 3 rings (SSSR count). The summed E-state index contributed by atoms with van der Waals surface area (Å²) >= 11 is 3.56. The zero-order valence-corrected chi connectivity index (χ0v) is 14.3. The molecule has 0 spiro atoms. The lowest BCUT2D eigenvalue weighted by Crippen LogP contribution is -2.34. The quantitative estimate of drug-likeness (QED) is 0.411. The highest BCUT2D eigenvalue weighted by Crippen LogP contribution is 2.28. The summed E-state index contributed by atoms with van der Waals surface area (Å²) in [5.41, 5.74) is 2.06. The fraction of sp³-hybridized carbons (Fsp3) is 0.105. The van der Waals surface area contributed by atoms with Crippen LogP contribution in [0.15, 0.2) is 88.9 Å². The van der Waals surface area contributed by atoms with Crippen molar-refractivity contribution in [3.63, 3.8) is 0 Å². The molecule has 0 fully saturated rings. The van der Waals surface area contributed by atoms with Crippen molar-refractivity contribution in [1.82, 2.24) is 0 Å². The van der Waals surface area contributed by atoms with Crippen LogP contribution in [0.3, 0.4) is 0 Å². The van der Waals surface area contributed by atoms with E-state index in [4.69, 9.17) is 0 Å². The Bertz CT molecular complexity index is 748. The van der Waals surface area contributed by atoms with Crippen molar-refractivity contribution in [2.75, 3.05) is 5.08 Å². The summed E-state index contributed by atoms with van der Waals surface area (Å²) < 4.78 is 2.14. The number of hydrogen-bond acceptors (Lipinski definition) is 3. The largest absolute Gasteiger partial charge is 0.391 e. The molecule has 0 aliphatic heterocycles. The van der Waals surface area contributed by atoms with Gasteiger partial charge in [-0.05, 0) is 30.0 Å². The molecule has 2 aromatic carbocycles. The Morgan fingerprint density at radius 1 is 0.783 bits per heavy atom. The molecule has 0 atom stereocenters. The van der Waals surface area contributed by atoms with Gasteiger partial charge in [0.1, 0.15) is 0 Å². The number of rotatable bonds is 6. The molecule has 3 aromatic rings. The second-order valence-corrected chi connectivity index (χ2v) is 7.30. The number of hydrogen-bond donors (Lipinski definition) is 1. The molecule has 2 nitrogen and oxygen atoms in total.